The van der Waals surface area contributed by atoms with E-state index in [-0.39, 0.29) is 29.4 Å². The monoisotopic (exact) mass is 484 g/mol. The number of aromatic hydroxyl groups is 1. The maximum Gasteiger partial charge on any atom is 0.300 e. The van der Waals surface area contributed by atoms with Crippen LogP contribution in [-0.4, -0.2) is 35.6 Å². The van der Waals surface area contributed by atoms with Crippen molar-refractivity contribution < 1.29 is 29.3 Å². The maximum atomic E-state index is 13.4. The number of phenols is 1. The number of amides is 1. The number of Topliss-reactive ketones (excluding diaryl/α,β-unsaturated/α-hetero) is 1. The predicted molar refractivity (Wildman–Crippen MR) is 133 cm³/mol. The second kappa shape index (κ2) is 9.84. The van der Waals surface area contributed by atoms with Crippen LogP contribution >= 0.6 is 0 Å². The fourth-order valence-electron chi connectivity index (χ4n) is 4.26. The number of benzene rings is 3. The van der Waals surface area contributed by atoms with Gasteiger partial charge in [-0.25, -0.2) is 0 Å². The Labute approximate surface area is 208 Å². The Hall–Kier alpha value is -4.77. The fraction of sp³-hybridized carbons (Fsp3) is 0.179. The van der Waals surface area contributed by atoms with Crippen molar-refractivity contribution in [2.45, 2.75) is 19.9 Å². The molecule has 0 radical (unpaired) electrons. The molecule has 0 aliphatic carbocycles. The number of nitriles is 1. The van der Waals surface area contributed by atoms with Crippen molar-refractivity contribution in [3.05, 3.63) is 88.5 Å². The van der Waals surface area contributed by atoms with E-state index in [1.807, 2.05) is 6.07 Å². The molecule has 1 atom stereocenters. The highest BCUT2D eigenvalue weighted by Gasteiger charge is 2.47. The van der Waals surface area contributed by atoms with Gasteiger partial charge >= 0.3 is 0 Å². The van der Waals surface area contributed by atoms with E-state index < -0.39 is 17.7 Å². The number of aliphatic hydroxyl groups excluding tert-OH is 1. The second-order valence-corrected chi connectivity index (χ2v) is 8.17. The van der Waals surface area contributed by atoms with Crippen LogP contribution in [0.5, 0.6) is 17.2 Å². The van der Waals surface area contributed by atoms with Gasteiger partial charge in [-0.15, -0.1) is 0 Å². The molecule has 182 valence electrons. The highest BCUT2D eigenvalue weighted by molar-refractivity contribution is 6.51. The first kappa shape index (κ1) is 24.4. The molecule has 1 amide bonds. The summed E-state index contributed by atoms with van der Waals surface area (Å²) < 4.78 is 10.8. The number of anilines is 1. The molecule has 0 saturated carbocycles. The van der Waals surface area contributed by atoms with Crippen LogP contribution < -0.4 is 14.4 Å². The lowest BCUT2D eigenvalue weighted by Crippen LogP contribution is -2.29. The van der Waals surface area contributed by atoms with Gasteiger partial charge < -0.3 is 19.7 Å². The summed E-state index contributed by atoms with van der Waals surface area (Å²) in [6.07, 6.45) is 0. The summed E-state index contributed by atoms with van der Waals surface area (Å²) in [6.45, 7) is 3.82. The summed E-state index contributed by atoms with van der Waals surface area (Å²) in [5.74, 6) is -1.35. The van der Waals surface area contributed by atoms with Crippen LogP contribution in [0.2, 0.25) is 0 Å². The van der Waals surface area contributed by atoms with Gasteiger partial charge in [0.25, 0.3) is 11.7 Å². The largest absolute Gasteiger partial charge is 0.507 e. The Balaban J connectivity index is 1.96. The number of aryl methyl sites for hydroxylation is 1. The van der Waals surface area contributed by atoms with E-state index in [9.17, 15) is 19.8 Å². The molecule has 2 N–H and O–H groups in total. The molecule has 0 bridgehead atoms. The number of methoxy groups -OCH3 is 1. The number of nitrogens with zero attached hydrogens (tertiary/aromatic N) is 2. The lowest BCUT2D eigenvalue weighted by Gasteiger charge is -2.26. The van der Waals surface area contributed by atoms with Crippen molar-refractivity contribution in [1.29, 1.82) is 5.26 Å². The minimum atomic E-state index is -1.01. The smallest absolute Gasteiger partial charge is 0.300 e. The molecular formula is C28H24N2O6. The van der Waals surface area contributed by atoms with Gasteiger partial charge in [-0.2, -0.15) is 5.26 Å². The normalized spacial score (nSPS) is 16.6. The van der Waals surface area contributed by atoms with Crippen molar-refractivity contribution in [3.8, 4) is 23.3 Å². The number of rotatable bonds is 6. The molecule has 1 unspecified atom stereocenters. The third-order valence-corrected chi connectivity index (χ3v) is 6.01. The minimum absolute atomic E-state index is 0.0954. The number of hydrogen-bond acceptors (Lipinski definition) is 7. The number of aliphatic hydroxyl groups is 1. The van der Waals surface area contributed by atoms with Crippen LogP contribution in [0.3, 0.4) is 0 Å². The molecular weight excluding hydrogens is 460 g/mol. The lowest BCUT2D eigenvalue weighted by molar-refractivity contribution is -0.132. The van der Waals surface area contributed by atoms with Gasteiger partial charge in [0.1, 0.15) is 11.5 Å². The van der Waals surface area contributed by atoms with Crippen LogP contribution in [0.1, 0.15) is 35.2 Å². The first-order valence-electron chi connectivity index (χ1n) is 11.2. The minimum Gasteiger partial charge on any atom is -0.507 e. The van der Waals surface area contributed by atoms with Crippen molar-refractivity contribution >= 4 is 23.1 Å². The molecule has 36 heavy (non-hydrogen) atoms. The summed E-state index contributed by atoms with van der Waals surface area (Å²) >= 11 is 0. The zero-order valence-corrected chi connectivity index (χ0v) is 20.0. The van der Waals surface area contributed by atoms with Crippen molar-refractivity contribution in [2.24, 2.45) is 0 Å². The number of ether oxygens (including phenoxy) is 2. The molecule has 0 aromatic heterocycles. The third-order valence-electron chi connectivity index (χ3n) is 6.01. The number of ketones is 1. The number of carbonyl (C=O) groups is 2. The molecule has 0 spiro atoms. The van der Waals surface area contributed by atoms with Crippen LogP contribution in [-0.2, 0) is 9.59 Å². The lowest BCUT2D eigenvalue weighted by atomic mass is 9.93. The topological polar surface area (TPSA) is 120 Å². The Bertz CT molecular complexity index is 1420. The molecule has 3 aromatic carbocycles. The Morgan fingerprint density at radius 1 is 1.08 bits per heavy atom. The maximum absolute atomic E-state index is 13.4. The zero-order chi connectivity index (χ0) is 26.0. The van der Waals surface area contributed by atoms with Gasteiger partial charge in [-0.3, -0.25) is 14.5 Å². The van der Waals surface area contributed by atoms with Crippen molar-refractivity contribution in [2.75, 3.05) is 18.6 Å². The van der Waals surface area contributed by atoms with Crippen molar-refractivity contribution in [3.63, 3.8) is 0 Å². The van der Waals surface area contributed by atoms with E-state index in [0.29, 0.717) is 33.7 Å². The molecule has 8 nitrogen and oxygen atoms in total. The summed E-state index contributed by atoms with van der Waals surface area (Å²) in [5.41, 5.74) is 2.14. The molecule has 1 heterocycles. The molecule has 4 rings (SSSR count). The zero-order valence-electron chi connectivity index (χ0n) is 20.0. The van der Waals surface area contributed by atoms with E-state index in [1.165, 1.54) is 18.1 Å². The van der Waals surface area contributed by atoms with Crippen LogP contribution in [0.4, 0.5) is 5.69 Å². The van der Waals surface area contributed by atoms with Gasteiger partial charge in [0, 0.05) is 11.3 Å². The van der Waals surface area contributed by atoms with Gasteiger partial charge in [0.15, 0.2) is 11.5 Å². The van der Waals surface area contributed by atoms with Crippen LogP contribution in [0.25, 0.3) is 5.76 Å². The third kappa shape index (κ3) is 4.23. The molecule has 1 aliphatic heterocycles. The molecule has 8 heteroatoms. The van der Waals surface area contributed by atoms with Gasteiger partial charge in [-0.05, 0) is 79.6 Å². The average Bonchev–Trinajstić information content (AvgIpc) is 3.15. The first-order chi connectivity index (χ1) is 17.3. The van der Waals surface area contributed by atoms with Gasteiger partial charge in [-0.1, -0.05) is 6.07 Å². The van der Waals surface area contributed by atoms with E-state index in [0.717, 1.165) is 0 Å². The van der Waals surface area contributed by atoms with E-state index in [1.54, 1.807) is 68.4 Å². The van der Waals surface area contributed by atoms with Gasteiger partial charge in [0.05, 0.1) is 37.0 Å². The van der Waals surface area contributed by atoms with E-state index in [2.05, 4.69) is 0 Å². The van der Waals surface area contributed by atoms with E-state index in [4.69, 9.17) is 14.7 Å². The van der Waals surface area contributed by atoms with Gasteiger partial charge in [0.2, 0.25) is 0 Å². The predicted octanol–water partition coefficient (Wildman–Crippen LogP) is 4.61. The summed E-state index contributed by atoms with van der Waals surface area (Å²) in [6, 6.07) is 16.8. The SMILES string of the molecule is CCOc1cc(C2/C(=C(\O)c3ccc(OC)cc3C)C(=O)C(=O)N2c2ccc(C#N)cc2)ccc1O. The fourth-order valence-corrected chi connectivity index (χ4v) is 4.26. The van der Waals surface area contributed by atoms with E-state index >= 15 is 0 Å². The molecule has 1 saturated heterocycles. The Kier molecular flexibility index (Phi) is 6.66. The number of hydrogen-bond donors (Lipinski definition) is 2. The highest BCUT2D eigenvalue weighted by Crippen LogP contribution is 2.44. The number of carbonyl (C=O) groups excluding carboxylic acids is 2. The highest BCUT2D eigenvalue weighted by atomic mass is 16.5. The first-order valence-corrected chi connectivity index (χ1v) is 11.2. The van der Waals surface area contributed by atoms with Crippen molar-refractivity contribution in [1.82, 2.24) is 0 Å². The number of phenolic OH excluding ortho intramolecular Hbond substituents is 1. The summed E-state index contributed by atoms with van der Waals surface area (Å²) in [4.78, 5) is 27.9. The molecule has 1 fully saturated rings. The summed E-state index contributed by atoms with van der Waals surface area (Å²) in [5, 5.41) is 30.7. The Morgan fingerprint density at radius 3 is 2.42 bits per heavy atom. The molecule has 3 aromatic rings. The second-order valence-electron chi connectivity index (χ2n) is 8.17. The molecule has 1 aliphatic rings. The average molecular weight is 485 g/mol. The Morgan fingerprint density at radius 2 is 1.81 bits per heavy atom. The van der Waals surface area contributed by atoms with Crippen LogP contribution in [0, 0.1) is 18.3 Å². The standard InChI is InChI=1S/C28H24N2O6/c1-4-36-23-14-18(7-12-22(23)31)25-24(26(32)21-11-10-20(35-3)13-16(21)2)27(33)28(34)30(25)19-8-5-17(15-29)6-9-19/h5-14,25,31-32H,4H2,1-3H3/b26-24+. The summed E-state index contributed by atoms with van der Waals surface area (Å²) in [7, 11) is 1.53. The quantitative estimate of drug-likeness (QED) is 0.298. The van der Waals surface area contributed by atoms with Crippen LogP contribution in [0.15, 0.2) is 66.2 Å².